The van der Waals surface area contributed by atoms with Gasteiger partial charge < -0.3 is 4.74 Å². The molecule has 2 amide bonds. The lowest BCUT2D eigenvalue weighted by Crippen LogP contribution is -2.29. The average molecular weight is 456 g/mol. The van der Waals surface area contributed by atoms with Crippen molar-refractivity contribution < 1.29 is 19.1 Å². The number of fused-ring (bicyclic) bond motifs is 1. The number of carbonyl (C=O) groups excluding carboxylic acids is 3. The molecule has 1 heterocycles. The summed E-state index contributed by atoms with van der Waals surface area (Å²) in [7, 11) is 0. The number of benzene rings is 3. The number of carbonyl (C=O) groups is 3. The number of ether oxygens (including phenoxy) is 1. The van der Waals surface area contributed by atoms with Gasteiger partial charge in [-0.05, 0) is 60.2 Å². The van der Waals surface area contributed by atoms with Gasteiger partial charge in [-0.1, -0.05) is 62.4 Å². The zero-order valence-corrected chi connectivity index (χ0v) is 19.8. The number of hydrogen-bond acceptors (Lipinski definition) is 4. The van der Waals surface area contributed by atoms with E-state index in [4.69, 9.17) is 4.74 Å². The highest BCUT2D eigenvalue weighted by Gasteiger charge is 2.36. The lowest BCUT2D eigenvalue weighted by Gasteiger charge is -2.15. The van der Waals surface area contributed by atoms with Crippen molar-refractivity contribution in [3.63, 3.8) is 0 Å². The second-order valence-corrected chi connectivity index (χ2v) is 9.14. The molecule has 0 aromatic heterocycles. The molecule has 3 aromatic rings. The maximum absolute atomic E-state index is 12.6. The van der Waals surface area contributed by atoms with E-state index in [-0.39, 0.29) is 30.3 Å². The first-order chi connectivity index (χ1) is 16.3. The van der Waals surface area contributed by atoms with Crippen LogP contribution in [0.1, 0.15) is 64.1 Å². The molecule has 1 aliphatic heterocycles. The molecule has 174 valence electrons. The fraction of sp³-hybridized carbons (Fsp3) is 0.276. The summed E-state index contributed by atoms with van der Waals surface area (Å²) < 4.78 is 5.51. The molecule has 0 bridgehead atoms. The van der Waals surface area contributed by atoms with E-state index >= 15 is 0 Å². The van der Waals surface area contributed by atoms with Crippen LogP contribution < -0.4 is 4.90 Å². The molecule has 4 rings (SSSR count). The zero-order valence-electron chi connectivity index (χ0n) is 19.8. The molecular weight excluding hydrogens is 426 g/mol. The zero-order chi connectivity index (χ0) is 24.2. The summed E-state index contributed by atoms with van der Waals surface area (Å²) in [6.07, 6.45) is 1.57. The summed E-state index contributed by atoms with van der Waals surface area (Å²) in [6, 6.07) is 22.2. The van der Waals surface area contributed by atoms with E-state index in [1.807, 2.05) is 31.2 Å². The molecule has 1 aliphatic rings. The molecule has 0 saturated carbocycles. The van der Waals surface area contributed by atoms with Crippen molar-refractivity contribution in [1.82, 2.24) is 0 Å². The standard InChI is InChI=1S/C29H29NO4/c1-19(2)18-22-8-12-23(13-9-22)20(3)29(33)34-17-16-21-10-14-24(15-11-21)30-27(31)25-6-4-5-7-26(25)28(30)32/h4-15,19-20H,16-18H2,1-3H3. The number of anilines is 1. The highest BCUT2D eigenvalue weighted by atomic mass is 16.5. The summed E-state index contributed by atoms with van der Waals surface area (Å²) in [5.41, 5.74) is 4.55. The van der Waals surface area contributed by atoms with Crippen LogP contribution in [0, 0.1) is 5.92 Å². The maximum atomic E-state index is 12.6. The molecule has 34 heavy (non-hydrogen) atoms. The topological polar surface area (TPSA) is 63.7 Å². The Labute approximate surface area is 200 Å². The largest absolute Gasteiger partial charge is 0.465 e. The summed E-state index contributed by atoms with van der Waals surface area (Å²) in [5, 5.41) is 0. The first kappa shape index (κ1) is 23.4. The Bertz CT molecular complexity index is 1160. The van der Waals surface area contributed by atoms with Crippen molar-refractivity contribution >= 4 is 23.5 Å². The molecule has 3 aromatic carbocycles. The quantitative estimate of drug-likeness (QED) is 0.329. The van der Waals surface area contributed by atoms with Gasteiger partial charge in [0.1, 0.15) is 0 Å². The first-order valence-electron chi connectivity index (χ1n) is 11.7. The molecule has 5 nitrogen and oxygen atoms in total. The van der Waals surface area contributed by atoms with Gasteiger partial charge in [-0.3, -0.25) is 14.4 Å². The molecule has 0 radical (unpaired) electrons. The van der Waals surface area contributed by atoms with Crippen LogP contribution in [0.15, 0.2) is 72.8 Å². The van der Waals surface area contributed by atoms with Crippen molar-refractivity contribution in [2.75, 3.05) is 11.5 Å². The van der Waals surface area contributed by atoms with Crippen molar-refractivity contribution in [3.05, 3.63) is 101 Å². The van der Waals surface area contributed by atoms with Gasteiger partial charge in [-0.25, -0.2) is 4.90 Å². The molecule has 0 spiro atoms. The van der Waals surface area contributed by atoms with Gasteiger partial charge in [0.2, 0.25) is 0 Å². The van der Waals surface area contributed by atoms with Gasteiger partial charge in [-0.2, -0.15) is 0 Å². The summed E-state index contributed by atoms with van der Waals surface area (Å²) in [6.45, 7) is 6.50. The fourth-order valence-corrected chi connectivity index (χ4v) is 4.18. The lowest BCUT2D eigenvalue weighted by atomic mass is 9.97. The summed E-state index contributed by atoms with van der Waals surface area (Å²) in [4.78, 5) is 39.0. The van der Waals surface area contributed by atoms with E-state index in [9.17, 15) is 14.4 Å². The highest BCUT2D eigenvalue weighted by molar-refractivity contribution is 6.34. The number of esters is 1. The summed E-state index contributed by atoms with van der Waals surface area (Å²) >= 11 is 0. The highest BCUT2D eigenvalue weighted by Crippen LogP contribution is 2.28. The van der Waals surface area contributed by atoms with Crippen LogP contribution in [0.5, 0.6) is 0 Å². The smallest absolute Gasteiger partial charge is 0.313 e. The summed E-state index contributed by atoms with van der Waals surface area (Å²) in [5.74, 6) is -0.611. The first-order valence-corrected chi connectivity index (χ1v) is 11.7. The van der Waals surface area contributed by atoms with Gasteiger partial charge >= 0.3 is 5.97 Å². The van der Waals surface area contributed by atoms with Gasteiger partial charge in [0.15, 0.2) is 0 Å². The molecule has 0 N–H and O–H groups in total. The fourth-order valence-electron chi connectivity index (χ4n) is 4.18. The number of rotatable bonds is 8. The Morgan fingerprint density at radius 3 is 1.91 bits per heavy atom. The molecule has 5 heteroatoms. The van der Waals surface area contributed by atoms with Crippen LogP contribution >= 0.6 is 0 Å². The van der Waals surface area contributed by atoms with Crippen molar-refractivity contribution in [3.8, 4) is 0 Å². The third kappa shape index (κ3) is 4.93. The molecule has 0 saturated heterocycles. The lowest BCUT2D eigenvalue weighted by molar-refractivity contribution is -0.144. The SMILES string of the molecule is CC(C)Cc1ccc(C(C)C(=O)OCCc2ccc(N3C(=O)c4ccccc4C3=O)cc2)cc1. The Balaban J connectivity index is 1.30. The van der Waals surface area contributed by atoms with E-state index < -0.39 is 0 Å². The number of imide groups is 1. The Morgan fingerprint density at radius 2 is 1.35 bits per heavy atom. The van der Waals surface area contributed by atoms with Crippen LogP contribution in [-0.4, -0.2) is 24.4 Å². The number of amides is 2. The van der Waals surface area contributed by atoms with Crippen LogP contribution in [0.4, 0.5) is 5.69 Å². The predicted octanol–water partition coefficient (Wildman–Crippen LogP) is 5.58. The Kier molecular flexibility index (Phi) is 6.92. The monoisotopic (exact) mass is 455 g/mol. The second-order valence-electron chi connectivity index (χ2n) is 9.14. The third-order valence-electron chi connectivity index (χ3n) is 6.10. The van der Waals surface area contributed by atoms with E-state index in [0.29, 0.717) is 29.2 Å². The molecule has 0 aliphatic carbocycles. The average Bonchev–Trinajstić information content (AvgIpc) is 3.09. The minimum absolute atomic E-state index is 0.251. The van der Waals surface area contributed by atoms with Crippen molar-refractivity contribution in [1.29, 1.82) is 0 Å². The normalized spacial score (nSPS) is 13.8. The third-order valence-corrected chi connectivity index (χ3v) is 6.10. The Morgan fingerprint density at radius 1 is 0.794 bits per heavy atom. The molecule has 0 fully saturated rings. The Hall–Kier alpha value is -3.73. The van der Waals surface area contributed by atoms with Gasteiger partial charge in [0, 0.05) is 6.42 Å². The van der Waals surface area contributed by atoms with Gasteiger partial charge in [-0.15, -0.1) is 0 Å². The molecule has 1 atom stereocenters. The van der Waals surface area contributed by atoms with E-state index in [0.717, 1.165) is 17.5 Å². The maximum Gasteiger partial charge on any atom is 0.313 e. The van der Waals surface area contributed by atoms with Crippen LogP contribution in [-0.2, 0) is 22.4 Å². The van der Waals surface area contributed by atoms with Gasteiger partial charge in [0.25, 0.3) is 11.8 Å². The van der Waals surface area contributed by atoms with Crippen LogP contribution in [0.2, 0.25) is 0 Å². The minimum atomic E-state index is -0.329. The minimum Gasteiger partial charge on any atom is -0.465 e. The van der Waals surface area contributed by atoms with Gasteiger partial charge in [0.05, 0.1) is 29.3 Å². The number of nitrogens with zero attached hydrogens (tertiary/aromatic N) is 1. The van der Waals surface area contributed by atoms with Crippen LogP contribution in [0.25, 0.3) is 0 Å². The predicted molar refractivity (Wildman–Crippen MR) is 132 cm³/mol. The van der Waals surface area contributed by atoms with E-state index in [1.54, 1.807) is 36.4 Å². The van der Waals surface area contributed by atoms with Crippen molar-refractivity contribution in [2.24, 2.45) is 5.92 Å². The molecular formula is C29H29NO4. The van der Waals surface area contributed by atoms with Crippen LogP contribution in [0.3, 0.4) is 0 Å². The van der Waals surface area contributed by atoms with E-state index in [1.165, 1.54) is 10.5 Å². The number of hydrogen-bond donors (Lipinski definition) is 0. The molecule has 1 unspecified atom stereocenters. The second kappa shape index (κ2) is 10.0. The van der Waals surface area contributed by atoms with Crippen molar-refractivity contribution in [2.45, 2.75) is 39.5 Å². The van der Waals surface area contributed by atoms with E-state index in [2.05, 4.69) is 26.0 Å².